The van der Waals surface area contributed by atoms with Crippen LogP contribution in [-0.2, 0) is 35.3 Å². The molecule has 0 fully saturated rings. The minimum Gasteiger partial charge on any atom is -0.344 e. The molecule has 0 aliphatic carbocycles. The molecule has 1 atom stereocenters. The first kappa shape index (κ1) is 28.7. The van der Waals surface area contributed by atoms with E-state index in [0.717, 1.165) is 34.4 Å². The largest absolute Gasteiger partial charge is 0.416 e. The predicted octanol–water partition coefficient (Wildman–Crippen LogP) is 5.18. The quantitative estimate of drug-likeness (QED) is 0.378. The van der Waals surface area contributed by atoms with Crippen molar-refractivity contribution in [2.75, 3.05) is 11.9 Å². The topological polar surface area (TPSA) is 90.5 Å². The summed E-state index contributed by atoms with van der Waals surface area (Å²) in [5.41, 5.74) is 3.57. The van der Waals surface area contributed by atoms with E-state index in [2.05, 4.69) is 16.0 Å². The van der Waals surface area contributed by atoms with Gasteiger partial charge in [-0.25, -0.2) is 4.79 Å². The van der Waals surface area contributed by atoms with Crippen LogP contribution in [0.1, 0.15) is 42.0 Å². The molecule has 210 valence electrons. The maximum atomic E-state index is 13.6. The van der Waals surface area contributed by atoms with E-state index in [1.54, 1.807) is 14.0 Å². The summed E-state index contributed by atoms with van der Waals surface area (Å²) < 4.78 is 40.3. The van der Waals surface area contributed by atoms with Gasteiger partial charge in [0.05, 0.1) is 12.1 Å². The number of benzene rings is 3. The minimum atomic E-state index is -4.51. The molecule has 1 aliphatic rings. The van der Waals surface area contributed by atoms with Crippen molar-refractivity contribution in [2.45, 2.75) is 51.5 Å². The van der Waals surface area contributed by atoms with E-state index in [0.29, 0.717) is 17.8 Å². The SMILES string of the molecule is CCC(=O)N[C@@H]1CCc2cc(C(F)(F)F)ccc2N(Cc2ccc(-c3ccccc3CNC(=O)NC)cc2)C1=O. The van der Waals surface area contributed by atoms with Gasteiger partial charge in [0.2, 0.25) is 11.8 Å². The Morgan fingerprint density at radius 1 is 1.02 bits per heavy atom. The van der Waals surface area contributed by atoms with Crippen LogP contribution in [0, 0.1) is 0 Å². The lowest BCUT2D eigenvalue weighted by atomic mass is 9.98. The van der Waals surface area contributed by atoms with Crippen molar-refractivity contribution in [3.8, 4) is 11.1 Å². The van der Waals surface area contributed by atoms with Crippen molar-refractivity contribution in [2.24, 2.45) is 0 Å². The van der Waals surface area contributed by atoms with Gasteiger partial charge in [-0.1, -0.05) is 55.5 Å². The molecule has 0 bridgehead atoms. The van der Waals surface area contributed by atoms with Crippen LogP contribution in [0.2, 0.25) is 0 Å². The number of alkyl halides is 3. The molecular weight excluding hydrogens is 521 g/mol. The van der Waals surface area contributed by atoms with Crippen LogP contribution in [-0.4, -0.2) is 30.9 Å². The van der Waals surface area contributed by atoms with Crippen molar-refractivity contribution in [3.05, 3.63) is 89.0 Å². The van der Waals surface area contributed by atoms with E-state index >= 15 is 0 Å². The number of carbonyl (C=O) groups is 3. The second-order valence-electron chi connectivity index (χ2n) is 9.56. The Bertz CT molecular complexity index is 1390. The summed E-state index contributed by atoms with van der Waals surface area (Å²) in [4.78, 5) is 38.8. The van der Waals surface area contributed by atoms with E-state index < -0.39 is 17.8 Å². The van der Waals surface area contributed by atoms with Crippen LogP contribution in [0.4, 0.5) is 23.7 Å². The summed E-state index contributed by atoms with van der Waals surface area (Å²) >= 11 is 0. The van der Waals surface area contributed by atoms with Gasteiger partial charge in [-0.2, -0.15) is 13.2 Å². The molecule has 0 radical (unpaired) electrons. The summed E-state index contributed by atoms with van der Waals surface area (Å²) in [6, 6.07) is 17.5. The average molecular weight is 553 g/mol. The first-order chi connectivity index (χ1) is 19.1. The third-order valence-corrected chi connectivity index (χ3v) is 6.91. The number of fused-ring (bicyclic) bond motifs is 1. The molecule has 1 heterocycles. The van der Waals surface area contributed by atoms with Gasteiger partial charge in [0, 0.05) is 25.7 Å². The fraction of sp³-hybridized carbons (Fsp3) is 0.300. The Hall–Kier alpha value is -4.34. The lowest BCUT2D eigenvalue weighted by Crippen LogP contribution is -2.47. The fourth-order valence-electron chi connectivity index (χ4n) is 4.74. The Balaban J connectivity index is 1.63. The Morgan fingerprint density at radius 3 is 2.42 bits per heavy atom. The maximum absolute atomic E-state index is 13.6. The summed E-state index contributed by atoms with van der Waals surface area (Å²) in [5, 5.41) is 8.03. The number of amides is 4. The maximum Gasteiger partial charge on any atom is 0.416 e. The van der Waals surface area contributed by atoms with Crippen molar-refractivity contribution < 1.29 is 27.6 Å². The van der Waals surface area contributed by atoms with E-state index in [1.807, 2.05) is 48.5 Å². The van der Waals surface area contributed by atoms with E-state index in [-0.39, 0.29) is 43.7 Å². The average Bonchev–Trinajstić information content (AvgIpc) is 3.07. The second kappa shape index (κ2) is 12.2. The number of urea groups is 1. The molecule has 0 saturated carbocycles. The smallest absolute Gasteiger partial charge is 0.344 e. The van der Waals surface area contributed by atoms with Gasteiger partial charge in [-0.3, -0.25) is 9.59 Å². The summed E-state index contributed by atoms with van der Waals surface area (Å²) in [6.45, 7) is 2.13. The standard InChI is InChI=1S/C30H31F3N4O3/c1-3-27(38)36-25-14-12-21-16-23(30(31,32)33)13-15-26(21)37(28(25)39)18-19-8-10-20(11-9-19)24-7-5-4-6-22(24)17-35-29(40)34-2/h4-11,13,15-16,25H,3,12,14,17-18H2,1-2H3,(H,36,38)(H2,34,35,40)/t25-/m1/s1. The van der Waals surface area contributed by atoms with Crippen LogP contribution >= 0.6 is 0 Å². The number of hydrogen-bond acceptors (Lipinski definition) is 3. The highest BCUT2D eigenvalue weighted by atomic mass is 19.4. The molecule has 0 aromatic heterocycles. The molecule has 1 aliphatic heterocycles. The van der Waals surface area contributed by atoms with Crippen molar-refractivity contribution in [1.82, 2.24) is 16.0 Å². The van der Waals surface area contributed by atoms with Gasteiger partial charge in [-0.05, 0) is 58.9 Å². The van der Waals surface area contributed by atoms with Crippen molar-refractivity contribution in [1.29, 1.82) is 0 Å². The van der Waals surface area contributed by atoms with Gasteiger partial charge in [-0.15, -0.1) is 0 Å². The lowest BCUT2D eigenvalue weighted by Gasteiger charge is -2.27. The number of anilines is 1. The molecule has 7 nitrogen and oxygen atoms in total. The van der Waals surface area contributed by atoms with E-state index in [9.17, 15) is 27.6 Å². The third-order valence-electron chi connectivity index (χ3n) is 6.91. The zero-order chi connectivity index (χ0) is 28.9. The molecule has 0 saturated heterocycles. The normalized spacial score (nSPS) is 15.2. The molecule has 3 N–H and O–H groups in total. The van der Waals surface area contributed by atoms with Crippen LogP contribution in [0.3, 0.4) is 0 Å². The summed E-state index contributed by atoms with van der Waals surface area (Å²) in [5.74, 6) is -0.663. The van der Waals surface area contributed by atoms with Crippen LogP contribution in [0.25, 0.3) is 11.1 Å². The number of nitrogens with one attached hydrogen (secondary N) is 3. The molecule has 4 amide bonds. The van der Waals surface area contributed by atoms with E-state index in [4.69, 9.17) is 0 Å². The van der Waals surface area contributed by atoms with Gasteiger partial charge >= 0.3 is 12.2 Å². The molecule has 0 spiro atoms. The Kier molecular flexibility index (Phi) is 8.77. The third kappa shape index (κ3) is 6.62. The Labute approximate surface area is 230 Å². The number of halogens is 3. The fourth-order valence-corrected chi connectivity index (χ4v) is 4.74. The highest BCUT2D eigenvalue weighted by Crippen LogP contribution is 2.36. The highest BCUT2D eigenvalue weighted by molar-refractivity contribution is 6.00. The van der Waals surface area contributed by atoms with Crippen LogP contribution in [0.15, 0.2) is 66.7 Å². The number of rotatable bonds is 7. The predicted molar refractivity (Wildman–Crippen MR) is 146 cm³/mol. The molecule has 0 unspecified atom stereocenters. The molecule has 10 heteroatoms. The van der Waals surface area contributed by atoms with Crippen LogP contribution in [0.5, 0.6) is 0 Å². The van der Waals surface area contributed by atoms with Crippen molar-refractivity contribution in [3.63, 3.8) is 0 Å². The number of aryl methyl sites for hydroxylation is 1. The minimum absolute atomic E-state index is 0.121. The Morgan fingerprint density at radius 2 is 1.75 bits per heavy atom. The zero-order valence-electron chi connectivity index (χ0n) is 22.3. The van der Waals surface area contributed by atoms with Crippen molar-refractivity contribution >= 4 is 23.5 Å². The van der Waals surface area contributed by atoms with Crippen LogP contribution < -0.4 is 20.9 Å². The zero-order valence-corrected chi connectivity index (χ0v) is 22.3. The van der Waals surface area contributed by atoms with Gasteiger partial charge in [0.1, 0.15) is 6.04 Å². The first-order valence-electron chi connectivity index (χ1n) is 13.0. The molecule has 3 aromatic rings. The highest BCUT2D eigenvalue weighted by Gasteiger charge is 2.35. The lowest BCUT2D eigenvalue weighted by molar-refractivity contribution is -0.137. The van der Waals surface area contributed by atoms with E-state index in [1.165, 1.54) is 11.0 Å². The molecular formula is C30H31F3N4O3. The second-order valence-corrected chi connectivity index (χ2v) is 9.56. The van der Waals surface area contributed by atoms with Gasteiger partial charge < -0.3 is 20.9 Å². The molecule has 40 heavy (non-hydrogen) atoms. The summed E-state index contributed by atoms with van der Waals surface area (Å²) in [7, 11) is 1.54. The summed E-state index contributed by atoms with van der Waals surface area (Å²) in [6.07, 6.45) is -3.89. The first-order valence-corrected chi connectivity index (χ1v) is 13.0. The number of carbonyl (C=O) groups excluding carboxylic acids is 3. The number of hydrogen-bond donors (Lipinski definition) is 3. The monoisotopic (exact) mass is 552 g/mol. The number of nitrogens with zero attached hydrogens (tertiary/aromatic N) is 1. The molecule has 3 aromatic carbocycles. The van der Waals surface area contributed by atoms with Gasteiger partial charge in [0.15, 0.2) is 0 Å². The van der Waals surface area contributed by atoms with Gasteiger partial charge in [0.25, 0.3) is 0 Å². The molecule has 4 rings (SSSR count).